The summed E-state index contributed by atoms with van der Waals surface area (Å²) in [5, 5.41) is 6.17. The van der Waals surface area contributed by atoms with Crippen LogP contribution in [0.2, 0.25) is 5.02 Å². The van der Waals surface area contributed by atoms with Crippen LogP contribution in [-0.4, -0.2) is 36.4 Å². The largest absolute Gasteiger partial charge is 0.350 e. The number of nitrogens with zero attached hydrogens (tertiary/aromatic N) is 1. The van der Waals surface area contributed by atoms with Crippen molar-refractivity contribution in [3.63, 3.8) is 0 Å². The summed E-state index contributed by atoms with van der Waals surface area (Å²) in [6.45, 7) is 1.77. The van der Waals surface area contributed by atoms with Gasteiger partial charge in [-0.15, -0.1) is 11.3 Å². The molecule has 0 unspecified atom stereocenters. The Morgan fingerprint density at radius 3 is 2.71 bits per heavy atom. The zero-order valence-electron chi connectivity index (χ0n) is 13.1. The van der Waals surface area contributed by atoms with E-state index in [1.54, 1.807) is 19.1 Å². The van der Waals surface area contributed by atoms with Crippen molar-refractivity contribution in [3.05, 3.63) is 40.4 Å². The van der Waals surface area contributed by atoms with Crippen molar-refractivity contribution in [1.82, 2.24) is 10.3 Å². The maximum absolute atomic E-state index is 12.2. The molecule has 1 aliphatic heterocycles. The predicted molar refractivity (Wildman–Crippen MR) is 96.1 cm³/mol. The van der Waals surface area contributed by atoms with Crippen molar-refractivity contribution in [1.29, 1.82) is 0 Å². The summed E-state index contributed by atoms with van der Waals surface area (Å²) in [6.07, 6.45) is 0.591. The fourth-order valence-corrected chi connectivity index (χ4v) is 5.81. The highest BCUT2D eigenvalue weighted by molar-refractivity contribution is 7.91. The molecule has 1 amide bonds. The maximum Gasteiger partial charge on any atom is 0.226 e. The van der Waals surface area contributed by atoms with Crippen LogP contribution in [-0.2, 0) is 21.1 Å². The van der Waals surface area contributed by atoms with E-state index < -0.39 is 15.4 Å². The van der Waals surface area contributed by atoms with Crippen molar-refractivity contribution >= 4 is 38.7 Å². The first-order valence-corrected chi connectivity index (χ1v) is 10.5. The summed E-state index contributed by atoms with van der Waals surface area (Å²) >= 11 is 7.34. The Labute approximate surface area is 150 Å². The van der Waals surface area contributed by atoms with Gasteiger partial charge in [0.1, 0.15) is 5.01 Å². The van der Waals surface area contributed by atoms with Gasteiger partial charge in [-0.1, -0.05) is 23.7 Å². The molecule has 0 aliphatic carbocycles. The van der Waals surface area contributed by atoms with Crippen LogP contribution in [0.25, 0.3) is 10.6 Å². The van der Waals surface area contributed by atoms with Gasteiger partial charge in [-0.3, -0.25) is 4.79 Å². The molecule has 0 bridgehead atoms. The number of amides is 1. The number of hydrogen-bond donors (Lipinski definition) is 1. The molecule has 1 aliphatic rings. The van der Waals surface area contributed by atoms with E-state index in [9.17, 15) is 13.2 Å². The molecule has 0 saturated carbocycles. The second kappa shape index (κ2) is 6.46. The molecule has 0 spiro atoms. The lowest BCUT2D eigenvalue weighted by atomic mass is 10.0. The van der Waals surface area contributed by atoms with E-state index in [-0.39, 0.29) is 23.8 Å². The van der Waals surface area contributed by atoms with Crippen LogP contribution >= 0.6 is 22.9 Å². The second-order valence-electron chi connectivity index (χ2n) is 6.28. The van der Waals surface area contributed by atoms with Crippen LogP contribution in [0.5, 0.6) is 0 Å². The zero-order chi connectivity index (χ0) is 17.4. The fraction of sp³-hybridized carbons (Fsp3) is 0.375. The van der Waals surface area contributed by atoms with E-state index in [1.807, 2.05) is 17.5 Å². The zero-order valence-corrected chi connectivity index (χ0v) is 15.5. The number of benzene rings is 1. The van der Waals surface area contributed by atoms with E-state index in [0.717, 1.165) is 10.6 Å². The molecule has 2 heterocycles. The van der Waals surface area contributed by atoms with Crippen LogP contribution in [0.3, 0.4) is 0 Å². The minimum atomic E-state index is -3.05. The lowest BCUT2D eigenvalue weighted by molar-refractivity contribution is -0.121. The highest BCUT2D eigenvalue weighted by Crippen LogP contribution is 2.26. The first-order chi connectivity index (χ1) is 11.2. The minimum absolute atomic E-state index is 0.00116. The molecule has 0 radical (unpaired) electrons. The van der Waals surface area contributed by atoms with E-state index in [0.29, 0.717) is 17.1 Å². The van der Waals surface area contributed by atoms with Crippen molar-refractivity contribution in [2.24, 2.45) is 0 Å². The molecule has 1 atom stereocenters. The smallest absolute Gasteiger partial charge is 0.226 e. The Balaban J connectivity index is 1.64. The molecule has 24 heavy (non-hydrogen) atoms. The number of rotatable bonds is 4. The van der Waals surface area contributed by atoms with Crippen molar-refractivity contribution < 1.29 is 13.2 Å². The topological polar surface area (TPSA) is 76.1 Å². The minimum Gasteiger partial charge on any atom is -0.350 e. The Morgan fingerprint density at radius 1 is 1.38 bits per heavy atom. The molecule has 1 saturated heterocycles. The Hall–Kier alpha value is -1.44. The second-order valence-corrected chi connectivity index (χ2v) is 9.76. The molecule has 1 fully saturated rings. The monoisotopic (exact) mass is 384 g/mol. The summed E-state index contributed by atoms with van der Waals surface area (Å²) in [4.78, 5) is 16.7. The molecule has 8 heteroatoms. The summed E-state index contributed by atoms with van der Waals surface area (Å²) in [5.41, 5.74) is 0.946. The van der Waals surface area contributed by atoms with Gasteiger partial charge in [-0.05, 0) is 25.5 Å². The van der Waals surface area contributed by atoms with Gasteiger partial charge < -0.3 is 5.32 Å². The van der Waals surface area contributed by atoms with Crippen LogP contribution in [0.15, 0.2) is 29.6 Å². The third kappa shape index (κ3) is 4.15. The van der Waals surface area contributed by atoms with Gasteiger partial charge in [-0.25, -0.2) is 13.4 Å². The third-order valence-electron chi connectivity index (χ3n) is 3.93. The Kier molecular flexibility index (Phi) is 4.68. The highest BCUT2D eigenvalue weighted by Gasteiger charge is 2.39. The lowest BCUT2D eigenvalue weighted by Crippen LogP contribution is -2.47. The van der Waals surface area contributed by atoms with Gasteiger partial charge in [0.15, 0.2) is 9.84 Å². The molecule has 1 aromatic carbocycles. The number of aromatic nitrogens is 1. The SMILES string of the molecule is C[C@]1(NC(=O)Cc2csc(-c3ccc(Cl)cc3)n2)CCS(=O)(=O)C1. The summed E-state index contributed by atoms with van der Waals surface area (Å²) in [6, 6.07) is 7.36. The number of carbonyl (C=O) groups excluding carboxylic acids is 1. The van der Waals surface area contributed by atoms with Crippen LogP contribution in [0, 0.1) is 0 Å². The molecular weight excluding hydrogens is 368 g/mol. The fourth-order valence-electron chi connectivity index (χ4n) is 2.77. The number of nitrogens with one attached hydrogen (secondary N) is 1. The normalized spacial score (nSPS) is 22.4. The summed E-state index contributed by atoms with van der Waals surface area (Å²) in [5.74, 6) is -0.0809. The molecule has 1 aromatic heterocycles. The number of thiazole rings is 1. The Morgan fingerprint density at radius 2 is 2.08 bits per heavy atom. The lowest BCUT2D eigenvalue weighted by Gasteiger charge is -2.23. The van der Waals surface area contributed by atoms with Crippen molar-refractivity contribution in [2.75, 3.05) is 11.5 Å². The predicted octanol–water partition coefficient (Wildman–Crippen LogP) is 2.70. The van der Waals surface area contributed by atoms with E-state index in [2.05, 4.69) is 10.3 Å². The van der Waals surface area contributed by atoms with E-state index >= 15 is 0 Å². The van der Waals surface area contributed by atoms with Crippen molar-refractivity contribution in [2.45, 2.75) is 25.3 Å². The van der Waals surface area contributed by atoms with Crippen LogP contribution in [0.1, 0.15) is 19.0 Å². The highest BCUT2D eigenvalue weighted by atomic mass is 35.5. The molecule has 5 nitrogen and oxygen atoms in total. The van der Waals surface area contributed by atoms with Gasteiger partial charge >= 0.3 is 0 Å². The molecule has 128 valence electrons. The average Bonchev–Trinajstić information content (AvgIpc) is 3.04. The molecule has 1 N–H and O–H groups in total. The third-order valence-corrected chi connectivity index (χ3v) is 7.02. The van der Waals surface area contributed by atoms with Gasteiger partial charge in [-0.2, -0.15) is 0 Å². The first-order valence-electron chi connectivity index (χ1n) is 7.47. The Bertz CT molecular complexity index is 862. The number of hydrogen-bond acceptors (Lipinski definition) is 5. The maximum atomic E-state index is 12.2. The van der Waals surface area contributed by atoms with Gasteiger partial charge in [0.05, 0.1) is 29.2 Å². The molecule has 3 rings (SSSR count). The quantitative estimate of drug-likeness (QED) is 0.879. The number of sulfone groups is 1. The van der Waals surface area contributed by atoms with Crippen LogP contribution < -0.4 is 5.32 Å². The van der Waals surface area contributed by atoms with Gasteiger partial charge in [0.25, 0.3) is 0 Å². The number of halogens is 1. The van der Waals surface area contributed by atoms with Crippen molar-refractivity contribution in [3.8, 4) is 10.6 Å². The average molecular weight is 385 g/mol. The first kappa shape index (κ1) is 17.4. The van der Waals surface area contributed by atoms with Gasteiger partial charge in [0.2, 0.25) is 5.91 Å². The van der Waals surface area contributed by atoms with Crippen LogP contribution in [0.4, 0.5) is 0 Å². The standard InChI is InChI=1S/C16H17ClN2O3S2/c1-16(6-7-24(21,22)10-16)19-14(20)8-13-9-23-15(18-13)11-2-4-12(17)5-3-11/h2-5,9H,6-8,10H2,1H3,(H,19,20)/t16-/m0/s1. The van der Waals surface area contributed by atoms with Gasteiger partial charge in [0, 0.05) is 16.0 Å². The summed E-state index contributed by atoms with van der Waals surface area (Å²) < 4.78 is 23.2. The van der Waals surface area contributed by atoms with E-state index in [1.165, 1.54) is 11.3 Å². The molecular formula is C16H17ClN2O3S2. The molecule has 2 aromatic rings. The summed E-state index contributed by atoms with van der Waals surface area (Å²) in [7, 11) is -3.05. The number of carbonyl (C=O) groups is 1. The van der Waals surface area contributed by atoms with E-state index in [4.69, 9.17) is 11.6 Å².